The zero-order valence-electron chi connectivity index (χ0n) is 5.76. The van der Waals surface area contributed by atoms with Crippen LogP contribution in [0.15, 0.2) is 0 Å². The van der Waals surface area contributed by atoms with Gasteiger partial charge in [-0.1, -0.05) is 13.3 Å². The molecule has 1 fully saturated rings. The largest absolute Gasteiger partial charge is 0.273 e. The van der Waals surface area contributed by atoms with Gasteiger partial charge < -0.3 is 0 Å². The zero-order chi connectivity index (χ0) is 6.69. The third-order valence-electron chi connectivity index (χ3n) is 1.69. The van der Waals surface area contributed by atoms with Crippen molar-refractivity contribution < 1.29 is 4.79 Å². The molecule has 0 aromatic rings. The fraction of sp³-hybridized carbons (Fsp3) is 0.857. The summed E-state index contributed by atoms with van der Waals surface area (Å²) in [7, 11) is 0. The van der Waals surface area contributed by atoms with E-state index in [1.54, 1.807) is 0 Å². The highest BCUT2D eigenvalue weighted by molar-refractivity contribution is 5.77. The highest BCUT2D eigenvalue weighted by atomic mass is 16.1. The van der Waals surface area contributed by atoms with Crippen molar-refractivity contribution in [2.45, 2.75) is 26.2 Å². The lowest BCUT2D eigenvalue weighted by Gasteiger charge is -2.00. The normalized spacial score (nSPS) is 26.3. The standard InChI is InChI=1S/C7H12NO/c1-2-3-6-4-7(9)8-5-6/h6H,2-5H2,1H3. The van der Waals surface area contributed by atoms with Crippen LogP contribution in [0.4, 0.5) is 0 Å². The van der Waals surface area contributed by atoms with Gasteiger partial charge in [-0.2, -0.15) is 0 Å². The van der Waals surface area contributed by atoms with Crippen molar-refractivity contribution in [1.82, 2.24) is 5.32 Å². The molecule has 0 bridgehead atoms. The Morgan fingerprint density at radius 3 is 3.00 bits per heavy atom. The van der Waals surface area contributed by atoms with Crippen LogP contribution in [0.3, 0.4) is 0 Å². The van der Waals surface area contributed by atoms with E-state index >= 15 is 0 Å². The lowest BCUT2D eigenvalue weighted by molar-refractivity contribution is -0.119. The smallest absolute Gasteiger partial charge is 0.241 e. The number of rotatable bonds is 2. The number of carbonyl (C=O) groups excluding carboxylic acids is 1. The number of hydrogen-bond donors (Lipinski definition) is 0. The molecule has 1 unspecified atom stereocenters. The van der Waals surface area contributed by atoms with E-state index in [4.69, 9.17) is 0 Å². The first-order chi connectivity index (χ1) is 4.33. The van der Waals surface area contributed by atoms with Gasteiger partial charge in [0.15, 0.2) is 0 Å². The van der Waals surface area contributed by atoms with Gasteiger partial charge in [0.2, 0.25) is 5.91 Å². The van der Waals surface area contributed by atoms with Crippen molar-refractivity contribution in [1.29, 1.82) is 0 Å². The lowest BCUT2D eigenvalue weighted by atomic mass is 10.0. The Labute approximate surface area is 55.6 Å². The van der Waals surface area contributed by atoms with Crippen molar-refractivity contribution in [2.75, 3.05) is 6.54 Å². The van der Waals surface area contributed by atoms with Gasteiger partial charge in [-0.3, -0.25) is 10.1 Å². The van der Waals surface area contributed by atoms with Crippen molar-refractivity contribution in [2.24, 2.45) is 5.92 Å². The van der Waals surface area contributed by atoms with Crippen molar-refractivity contribution in [3.63, 3.8) is 0 Å². The van der Waals surface area contributed by atoms with E-state index in [2.05, 4.69) is 12.2 Å². The molecule has 2 heteroatoms. The van der Waals surface area contributed by atoms with Gasteiger partial charge in [-0.15, -0.1) is 0 Å². The van der Waals surface area contributed by atoms with Gasteiger partial charge in [-0.25, -0.2) is 0 Å². The molecule has 9 heavy (non-hydrogen) atoms. The minimum atomic E-state index is 0.105. The molecule has 1 atom stereocenters. The molecule has 0 N–H and O–H groups in total. The third-order valence-corrected chi connectivity index (χ3v) is 1.69. The molecule has 1 aliphatic rings. The van der Waals surface area contributed by atoms with E-state index in [0.717, 1.165) is 13.0 Å². The molecule has 0 aliphatic carbocycles. The van der Waals surface area contributed by atoms with Gasteiger partial charge in [0.05, 0.1) is 0 Å². The topological polar surface area (TPSA) is 31.2 Å². The molecular weight excluding hydrogens is 114 g/mol. The Morgan fingerprint density at radius 2 is 2.56 bits per heavy atom. The molecule has 2 nitrogen and oxygen atoms in total. The molecule has 1 aliphatic heterocycles. The predicted octanol–water partition coefficient (Wildman–Crippen LogP) is 0.937. The van der Waals surface area contributed by atoms with Crippen LogP contribution in [0.5, 0.6) is 0 Å². The summed E-state index contributed by atoms with van der Waals surface area (Å²) in [5.41, 5.74) is 0. The monoisotopic (exact) mass is 126 g/mol. The van der Waals surface area contributed by atoms with Gasteiger partial charge in [-0.05, 0) is 12.3 Å². The highest BCUT2D eigenvalue weighted by Crippen LogP contribution is 2.15. The third kappa shape index (κ3) is 1.70. The molecule has 1 saturated heterocycles. The molecule has 1 amide bonds. The molecule has 0 spiro atoms. The van der Waals surface area contributed by atoms with Crippen LogP contribution in [0.2, 0.25) is 0 Å². The summed E-state index contributed by atoms with van der Waals surface area (Å²) in [4.78, 5) is 10.6. The molecular formula is C7H12NO. The van der Waals surface area contributed by atoms with Crippen LogP contribution in [-0.2, 0) is 4.79 Å². The SMILES string of the molecule is CCCC1C[N]C(=O)C1. The Bertz CT molecular complexity index is 111. The molecule has 0 aromatic carbocycles. The van der Waals surface area contributed by atoms with Gasteiger partial charge in [0, 0.05) is 13.0 Å². The molecule has 0 saturated carbocycles. The maximum absolute atomic E-state index is 10.6. The van der Waals surface area contributed by atoms with Crippen LogP contribution in [0.1, 0.15) is 26.2 Å². The molecule has 1 rings (SSSR count). The maximum atomic E-state index is 10.6. The van der Waals surface area contributed by atoms with Crippen molar-refractivity contribution in [3.8, 4) is 0 Å². The Morgan fingerprint density at radius 1 is 1.78 bits per heavy atom. The summed E-state index contributed by atoms with van der Waals surface area (Å²) >= 11 is 0. The molecule has 1 radical (unpaired) electrons. The van der Waals surface area contributed by atoms with Gasteiger partial charge in [0.1, 0.15) is 0 Å². The summed E-state index contributed by atoms with van der Waals surface area (Å²) < 4.78 is 0. The fourth-order valence-electron chi connectivity index (χ4n) is 1.21. The second-order valence-electron chi connectivity index (χ2n) is 2.59. The fourth-order valence-corrected chi connectivity index (χ4v) is 1.21. The van der Waals surface area contributed by atoms with Gasteiger partial charge >= 0.3 is 0 Å². The number of nitrogens with zero attached hydrogens (tertiary/aromatic N) is 1. The number of carbonyl (C=O) groups is 1. The van der Waals surface area contributed by atoms with E-state index in [9.17, 15) is 4.79 Å². The van der Waals surface area contributed by atoms with Crippen molar-refractivity contribution in [3.05, 3.63) is 0 Å². The average molecular weight is 126 g/mol. The molecule has 51 valence electrons. The summed E-state index contributed by atoms with van der Waals surface area (Å²) in [6.45, 7) is 2.93. The minimum Gasteiger partial charge on any atom is -0.273 e. The van der Waals surface area contributed by atoms with E-state index in [0.29, 0.717) is 12.3 Å². The van der Waals surface area contributed by atoms with E-state index in [-0.39, 0.29) is 5.91 Å². The van der Waals surface area contributed by atoms with E-state index < -0.39 is 0 Å². The summed E-state index contributed by atoms with van der Waals surface area (Å²) in [5, 5.41) is 3.80. The van der Waals surface area contributed by atoms with Crippen LogP contribution in [-0.4, -0.2) is 12.5 Å². The average Bonchev–Trinajstić information content (AvgIpc) is 2.17. The summed E-state index contributed by atoms with van der Waals surface area (Å²) in [6.07, 6.45) is 3.04. The van der Waals surface area contributed by atoms with E-state index in [1.807, 2.05) is 0 Å². The number of amides is 1. The van der Waals surface area contributed by atoms with Crippen LogP contribution in [0.25, 0.3) is 0 Å². The summed E-state index contributed by atoms with van der Waals surface area (Å²) in [5.74, 6) is 0.677. The first-order valence-electron chi connectivity index (χ1n) is 3.53. The maximum Gasteiger partial charge on any atom is 0.241 e. The second kappa shape index (κ2) is 2.85. The number of hydrogen-bond acceptors (Lipinski definition) is 1. The van der Waals surface area contributed by atoms with Crippen molar-refractivity contribution >= 4 is 5.91 Å². The Hall–Kier alpha value is -0.530. The van der Waals surface area contributed by atoms with Crippen LogP contribution < -0.4 is 5.32 Å². The molecule has 1 heterocycles. The molecule has 0 aromatic heterocycles. The quantitative estimate of drug-likeness (QED) is 0.541. The summed E-state index contributed by atoms with van der Waals surface area (Å²) in [6, 6.07) is 0. The highest BCUT2D eigenvalue weighted by Gasteiger charge is 2.21. The minimum absolute atomic E-state index is 0.105. The lowest BCUT2D eigenvalue weighted by Crippen LogP contribution is -2.04. The van der Waals surface area contributed by atoms with Gasteiger partial charge in [0.25, 0.3) is 0 Å². The Balaban J connectivity index is 2.22. The second-order valence-corrected chi connectivity index (χ2v) is 2.59. The predicted molar refractivity (Wildman–Crippen MR) is 35.0 cm³/mol. The van der Waals surface area contributed by atoms with Crippen LogP contribution in [0, 0.1) is 5.92 Å². The Kier molecular flexibility index (Phi) is 2.09. The van der Waals surface area contributed by atoms with Crippen LogP contribution >= 0.6 is 0 Å². The first-order valence-corrected chi connectivity index (χ1v) is 3.53. The first kappa shape index (κ1) is 6.59. The van der Waals surface area contributed by atoms with E-state index in [1.165, 1.54) is 6.42 Å². The zero-order valence-corrected chi connectivity index (χ0v) is 5.76.